The van der Waals surface area contributed by atoms with Gasteiger partial charge in [-0.25, -0.2) is 4.99 Å². The smallest absolute Gasteiger partial charge is 0.257 e. The van der Waals surface area contributed by atoms with E-state index in [9.17, 15) is 4.79 Å². The Labute approximate surface area is 170 Å². The fourth-order valence-corrected chi connectivity index (χ4v) is 2.71. The molecule has 0 bridgehead atoms. The quantitative estimate of drug-likeness (QED) is 0.510. The van der Waals surface area contributed by atoms with Gasteiger partial charge in [0, 0.05) is 18.0 Å². The summed E-state index contributed by atoms with van der Waals surface area (Å²) in [5, 5.41) is 6.05. The first-order chi connectivity index (χ1) is 14.1. The number of para-hydroxylation sites is 2. The Bertz CT molecular complexity index is 1020. The topological polar surface area (TPSA) is 75.6 Å². The van der Waals surface area contributed by atoms with E-state index in [4.69, 9.17) is 4.74 Å². The summed E-state index contributed by atoms with van der Waals surface area (Å²) in [5.74, 6) is 0.767. The van der Waals surface area contributed by atoms with Crippen molar-refractivity contribution in [2.24, 2.45) is 4.99 Å². The second-order valence-corrected chi connectivity index (χ2v) is 6.60. The predicted molar refractivity (Wildman–Crippen MR) is 115 cm³/mol. The van der Waals surface area contributed by atoms with Crippen molar-refractivity contribution in [2.45, 2.75) is 20.4 Å². The number of hydrogen-bond acceptors (Lipinski definition) is 4. The normalized spacial score (nSPS) is 11.1. The molecule has 2 N–H and O–H groups in total. The van der Waals surface area contributed by atoms with Crippen LogP contribution in [0.1, 0.15) is 27.0 Å². The fraction of sp³-hybridized carbons (Fsp3) is 0.174. The van der Waals surface area contributed by atoms with Gasteiger partial charge < -0.3 is 10.1 Å². The number of pyridine rings is 1. The van der Waals surface area contributed by atoms with Crippen molar-refractivity contribution in [2.75, 3.05) is 12.4 Å². The van der Waals surface area contributed by atoms with E-state index < -0.39 is 0 Å². The number of guanidine groups is 1. The Kier molecular flexibility index (Phi) is 6.58. The van der Waals surface area contributed by atoms with Gasteiger partial charge in [-0.2, -0.15) is 0 Å². The molecule has 0 saturated heterocycles. The van der Waals surface area contributed by atoms with Crippen LogP contribution in [0.2, 0.25) is 0 Å². The van der Waals surface area contributed by atoms with Gasteiger partial charge in [-0.1, -0.05) is 18.2 Å². The van der Waals surface area contributed by atoms with Crippen LogP contribution in [0.25, 0.3) is 0 Å². The molecule has 0 aliphatic heterocycles. The number of carbonyl (C=O) groups is 1. The van der Waals surface area contributed by atoms with Crippen molar-refractivity contribution in [1.29, 1.82) is 0 Å². The van der Waals surface area contributed by atoms with Crippen molar-refractivity contribution >= 4 is 17.6 Å². The number of nitrogens with one attached hydrogen (secondary N) is 2. The lowest BCUT2D eigenvalue weighted by molar-refractivity contribution is 0.0977. The zero-order chi connectivity index (χ0) is 20.6. The Morgan fingerprint density at radius 1 is 1.03 bits per heavy atom. The molecule has 3 rings (SSSR count). The summed E-state index contributed by atoms with van der Waals surface area (Å²) in [5.41, 5.74) is 4.47. The number of aromatic nitrogens is 1. The molecule has 1 aromatic heterocycles. The lowest BCUT2D eigenvalue weighted by Crippen LogP contribution is -2.36. The summed E-state index contributed by atoms with van der Waals surface area (Å²) < 4.78 is 5.39. The number of nitrogens with zero attached hydrogens (tertiary/aromatic N) is 2. The van der Waals surface area contributed by atoms with Crippen LogP contribution in [0.4, 0.5) is 5.69 Å². The number of anilines is 1. The number of carbonyl (C=O) groups excluding carboxylic acids is 1. The number of amides is 1. The molecule has 0 aliphatic rings. The minimum absolute atomic E-state index is 0.232. The van der Waals surface area contributed by atoms with E-state index in [1.54, 1.807) is 25.6 Å². The zero-order valence-electron chi connectivity index (χ0n) is 16.8. The second-order valence-electron chi connectivity index (χ2n) is 6.60. The molecule has 0 aliphatic carbocycles. The van der Waals surface area contributed by atoms with Gasteiger partial charge >= 0.3 is 0 Å². The van der Waals surface area contributed by atoms with Crippen LogP contribution in [0.3, 0.4) is 0 Å². The predicted octanol–water partition coefficient (Wildman–Crippen LogP) is 4.11. The van der Waals surface area contributed by atoms with Gasteiger partial charge in [-0.05, 0) is 66.9 Å². The minimum atomic E-state index is -0.232. The average Bonchev–Trinajstić information content (AvgIpc) is 2.75. The van der Waals surface area contributed by atoms with Gasteiger partial charge in [0.1, 0.15) is 5.75 Å². The summed E-state index contributed by atoms with van der Waals surface area (Å²) in [4.78, 5) is 21.4. The minimum Gasteiger partial charge on any atom is -0.495 e. The van der Waals surface area contributed by atoms with Crippen molar-refractivity contribution < 1.29 is 9.53 Å². The summed E-state index contributed by atoms with van der Waals surface area (Å²) >= 11 is 0. The average molecular weight is 388 g/mol. The number of rotatable bonds is 5. The molecule has 0 unspecified atom stereocenters. The fourth-order valence-electron chi connectivity index (χ4n) is 2.71. The van der Waals surface area contributed by atoms with Crippen LogP contribution in [-0.2, 0) is 6.54 Å². The maximum Gasteiger partial charge on any atom is 0.257 e. The summed E-state index contributed by atoms with van der Waals surface area (Å²) in [6, 6.07) is 16.9. The Hall–Kier alpha value is -3.67. The van der Waals surface area contributed by atoms with Crippen LogP contribution in [-0.4, -0.2) is 24.0 Å². The third-order valence-electron chi connectivity index (χ3n) is 4.53. The molecule has 0 radical (unpaired) electrons. The molecular weight excluding hydrogens is 364 g/mol. The molecule has 2 aromatic carbocycles. The largest absolute Gasteiger partial charge is 0.495 e. The van der Waals surface area contributed by atoms with Crippen molar-refractivity contribution in [3.8, 4) is 5.75 Å². The molecule has 1 heterocycles. The summed E-state index contributed by atoms with van der Waals surface area (Å²) in [6.07, 6.45) is 3.43. The maximum absolute atomic E-state index is 12.8. The number of hydrogen-bond donors (Lipinski definition) is 2. The Morgan fingerprint density at radius 2 is 1.79 bits per heavy atom. The lowest BCUT2D eigenvalue weighted by Gasteiger charge is -2.14. The van der Waals surface area contributed by atoms with E-state index in [2.05, 4.69) is 20.6 Å². The van der Waals surface area contributed by atoms with Crippen LogP contribution in [0, 0.1) is 13.8 Å². The highest BCUT2D eigenvalue weighted by molar-refractivity contribution is 6.10. The van der Waals surface area contributed by atoms with Crippen LogP contribution in [0.5, 0.6) is 5.75 Å². The van der Waals surface area contributed by atoms with Gasteiger partial charge in [0.15, 0.2) is 0 Å². The van der Waals surface area contributed by atoms with E-state index in [-0.39, 0.29) is 5.91 Å². The molecule has 0 atom stereocenters. The van der Waals surface area contributed by atoms with E-state index in [1.807, 2.05) is 62.4 Å². The highest BCUT2D eigenvalue weighted by Gasteiger charge is 2.12. The first-order valence-electron chi connectivity index (χ1n) is 9.29. The molecule has 0 saturated carbocycles. The molecule has 29 heavy (non-hydrogen) atoms. The number of methoxy groups -OCH3 is 1. The monoisotopic (exact) mass is 388 g/mol. The summed E-state index contributed by atoms with van der Waals surface area (Å²) in [6.45, 7) is 4.40. The third-order valence-corrected chi connectivity index (χ3v) is 4.53. The van der Waals surface area contributed by atoms with Gasteiger partial charge in [0.05, 0.1) is 19.3 Å². The van der Waals surface area contributed by atoms with E-state index in [0.717, 1.165) is 16.7 Å². The van der Waals surface area contributed by atoms with Crippen molar-refractivity contribution in [3.63, 3.8) is 0 Å². The third kappa shape index (κ3) is 5.42. The lowest BCUT2D eigenvalue weighted by atomic mass is 10.1. The van der Waals surface area contributed by atoms with Gasteiger partial charge in [0.25, 0.3) is 5.91 Å². The van der Waals surface area contributed by atoms with Crippen molar-refractivity contribution in [3.05, 3.63) is 89.2 Å². The van der Waals surface area contributed by atoms with Gasteiger partial charge in [-0.3, -0.25) is 15.1 Å². The second kappa shape index (κ2) is 9.50. The first kappa shape index (κ1) is 20.1. The van der Waals surface area contributed by atoms with Crippen LogP contribution < -0.4 is 15.4 Å². The van der Waals surface area contributed by atoms with E-state index in [0.29, 0.717) is 29.5 Å². The molecule has 3 aromatic rings. The Morgan fingerprint density at radius 3 is 2.52 bits per heavy atom. The summed E-state index contributed by atoms with van der Waals surface area (Å²) in [7, 11) is 1.60. The maximum atomic E-state index is 12.8. The van der Waals surface area contributed by atoms with E-state index >= 15 is 0 Å². The Balaban J connectivity index is 1.85. The molecule has 6 nitrogen and oxygen atoms in total. The molecule has 0 spiro atoms. The number of benzene rings is 2. The molecular formula is C23H24N4O2. The van der Waals surface area contributed by atoms with Crippen LogP contribution >= 0.6 is 0 Å². The highest BCUT2D eigenvalue weighted by Crippen LogP contribution is 2.23. The number of ether oxygens (including phenoxy) is 1. The zero-order valence-corrected chi connectivity index (χ0v) is 16.8. The van der Waals surface area contributed by atoms with E-state index in [1.165, 1.54) is 0 Å². The molecule has 1 amide bonds. The standard InChI is InChI=1S/C23H24N4O2/c1-16-8-9-19(14-17(16)2)22(28)27-23(25-15-18-10-12-24-13-11-18)26-20-6-4-5-7-21(20)29-3/h4-14H,15H2,1-3H3,(H2,25,26,27,28). The molecule has 0 fully saturated rings. The van der Waals surface area contributed by atoms with Crippen molar-refractivity contribution in [1.82, 2.24) is 10.3 Å². The first-order valence-corrected chi connectivity index (χ1v) is 9.29. The highest BCUT2D eigenvalue weighted by atomic mass is 16.5. The SMILES string of the molecule is COc1ccccc1NC(=NCc1ccncc1)NC(=O)c1ccc(C)c(C)c1. The number of aliphatic imine (C=N–C) groups is 1. The van der Waals surface area contributed by atoms with Gasteiger partial charge in [-0.15, -0.1) is 0 Å². The molecule has 6 heteroatoms. The number of aryl methyl sites for hydroxylation is 2. The van der Waals surface area contributed by atoms with Crippen LogP contribution in [0.15, 0.2) is 72.0 Å². The molecule has 148 valence electrons. The van der Waals surface area contributed by atoms with Gasteiger partial charge in [0.2, 0.25) is 5.96 Å².